The third-order valence-corrected chi connectivity index (χ3v) is 6.68. The third-order valence-electron chi connectivity index (χ3n) is 6.68. The summed E-state index contributed by atoms with van der Waals surface area (Å²) in [6.45, 7) is 4.99. The predicted molar refractivity (Wildman–Crippen MR) is 138 cm³/mol. The van der Waals surface area contributed by atoms with E-state index in [9.17, 15) is 13.6 Å². The molecule has 0 saturated carbocycles. The van der Waals surface area contributed by atoms with Crippen molar-refractivity contribution in [1.29, 1.82) is 0 Å². The van der Waals surface area contributed by atoms with Gasteiger partial charge in [-0.15, -0.1) is 0 Å². The van der Waals surface area contributed by atoms with Crippen LogP contribution in [0.25, 0.3) is 11.1 Å². The Morgan fingerprint density at radius 3 is 2.84 bits per heavy atom. The Morgan fingerprint density at radius 1 is 1.27 bits per heavy atom. The number of halogens is 2. The molecular formula is C26H26F2N8O. The van der Waals surface area contributed by atoms with Crippen LogP contribution in [0.1, 0.15) is 48.6 Å². The smallest absolute Gasteiger partial charge is 0.280 e. The second-order valence-electron chi connectivity index (χ2n) is 8.94. The Hall–Kier alpha value is -4.25. The molecule has 3 N–H and O–H groups in total. The number of nitrogens with one attached hydrogen (secondary N) is 1. The lowest BCUT2D eigenvalue weighted by Crippen LogP contribution is -2.52. The van der Waals surface area contributed by atoms with Gasteiger partial charge in [0.25, 0.3) is 12.0 Å². The van der Waals surface area contributed by atoms with Crippen LogP contribution in [0.5, 0.6) is 0 Å². The van der Waals surface area contributed by atoms with E-state index in [-0.39, 0.29) is 12.0 Å². The van der Waals surface area contributed by atoms with Crippen LogP contribution >= 0.6 is 0 Å². The number of pyridine rings is 2. The van der Waals surface area contributed by atoms with E-state index in [1.807, 2.05) is 25.1 Å². The fourth-order valence-corrected chi connectivity index (χ4v) is 4.55. The molecule has 1 atom stereocenters. The highest BCUT2D eigenvalue weighted by Crippen LogP contribution is 2.30. The molecule has 1 unspecified atom stereocenters. The van der Waals surface area contributed by atoms with Crippen molar-refractivity contribution in [2.24, 2.45) is 10.7 Å². The summed E-state index contributed by atoms with van der Waals surface area (Å²) >= 11 is 0. The number of aromatic nitrogens is 4. The van der Waals surface area contributed by atoms with Gasteiger partial charge in [0, 0.05) is 67.2 Å². The number of aliphatic imine (C=N–C) groups is 1. The zero-order valence-corrected chi connectivity index (χ0v) is 20.4. The van der Waals surface area contributed by atoms with Gasteiger partial charge in [0.1, 0.15) is 11.9 Å². The Balaban J connectivity index is 1.41. The minimum atomic E-state index is -2.81. The van der Waals surface area contributed by atoms with E-state index in [1.165, 1.54) is 10.9 Å². The molecule has 2 aliphatic rings. The highest BCUT2D eigenvalue weighted by molar-refractivity contribution is 6.10. The molecule has 0 aliphatic carbocycles. The largest absolute Gasteiger partial charge is 0.404 e. The normalized spacial score (nSPS) is 18.2. The first kappa shape index (κ1) is 24.4. The first-order valence-corrected chi connectivity index (χ1v) is 11.8. The van der Waals surface area contributed by atoms with E-state index in [2.05, 4.69) is 30.3 Å². The van der Waals surface area contributed by atoms with Crippen molar-refractivity contribution < 1.29 is 8.78 Å². The molecule has 5 heterocycles. The molecule has 0 fully saturated rings. The van der Waals surface area contributed by atoms with Crippen LogP contribution in [0.3, 0.4) is 0 Å². The lowest BCUT2D eigenvalue weighted by molar-refractivity contribution is 0.145. The Kier molecular flexibility index (Phi) is 6.62. The summed E-state index contributed by atoms with van der Waals surface area (Å²) in [6, 6.07) is 8.40. The number of alkyl halides is 2. The lowest BCUT2D eigenvalue weighted by Gasteiger charge is -2.40. The summed E-state index contributed by atoms with van der Waals surface area (Å²) in [5.41, 5.74) is 13.2. The third kappa shape index (κ3) is 4.77. The van der Waals surface area contributed by atoms with Crippen LogP contribution in [0.2, 0.25) is 0 Å². The molecular weight excluding hydrogens is 478 g/mol. The van der Waals surface area contributed by atoms with Gasteiger partial charge in [-0.2, -0.15) is 0 Å². The van der Waals surface area contributed by atoms with Gasteiger partial charge in [0.05, 0.1) is 0 Å². The zero-order chi connectivity index (χ0) is 26.1. The minimum absolute atomic E-state index is 0.211. The van der Waals surface area contributed by atoms with Crippen molar-refractivity contribution in [3.8, 4) is 0 Å². The van der Waals surface area contributed by atoms with Crippen molar-refractivity contribution in [2.45, 2.75) is 39.4 Å². The second-order valence-corrected chi connectivity index (χ2v) is 8.94. The Bertz CT molecular complexity index is 1480. The van der Waals surface area contributed by atoms with Crippen LogP contribution < -0.4 is 16.7 Å². The molecule has 37 heavy (non-hydrogen) atoms. The number of nitrogens with two attached hydrogens (primary N) is 1. The van der Waals surface area contributed by atoms with Gasteiger partial charge in [0.15, 0.2) is 11.6 Å². The van der Waals surface area contributed by atoms with Crippen LogP contribution in [0.15, 0.2) is 64.3 Å². The van der Waals surface area contributed by atoms with E-state index >= 15 is 0 Å². The number of fused-ring (bicyclic) bond motifs is 2. The lowest BCUT2D eigenvalue weighted by atomic mass is 9.98. The van der Waals surface area contributed by atoms with Crippen LogP contribution in [-0.2, 0) is 13.0 Å². The summed E-state index contributed by atoms with van der Waals surface area (Å²) in [7, 11) is 0. The molecule has 190 valence electrons. The van der Waals surface area contributed by atoms with Gasteiger partial charge in [-0.25, -0.2) is 28.4 Å². The Labute approximate surface area is 212 Å². The fraction of sp³-hybridized carbons (Fsp3) is 0.269. The van der Waals surface area contributed by atoms with Crippen LogP contribution in [-0.4, -0.2) is 43.5 Å². The second kappa shape index (κ2) is 10.0. The molecule has 0 amide bonds. The van der Waals surface area contributed by atoms with Gasteiger partial charge in [-0.1, -0.05) is 6.07 Å². The summed E-state index contributed by atoms with van der Waals surface area (Å²) < 4.78 is 27.7. The number of nitrogens with zero attached hydrogens (tertiary/aromatic N) is 6. The predicted octanol–water partition coefficient (Wildman–Crippen LogP) is 3.41. The van der Waals surface area contributed by atoms with Crippen molar-refractivity contribution in [3.63, 3.8) is 0 Å². The Morgan fingerprint density at radius 2 is 2.11 bits per heavy atom. The molecule has 0 radical (unpaired) electrons. The van der Waals surface area contributed by atoms with Crippen LogP contribution in [0, 0.1) is 0 Å². The molecule has 5 rings (SSSR count). The topological polar surface area (TPSA) is 114 Å². The molecule has 0 bridgehead atoms. The van der Waals surface area contributed by atoms with Gasteiger partial charge in [-0.3, -0.25) is 20.1 Å². The molecule has 0 saturated heterocycles. The van der Waals surface area contributed by atoms with Gasteiger partial charge in [0.2, 0.25) is 0 Å². The molecule has 3 aromatic heterocycles. The number of hydrogen-bond acceptors (Lipinski definition) is 8. The highest BCUT2D eigenvalue weighted by Gasteiger charge is 2.32. The van der Waals surface area contributed by atoms with E-state index in [0.717, 1.165) is 28.5 Å². The van der Waals surface area contributed by atoms with Crippen molar-refractivity contribution in [2.75, 3.05) is 12.0 Å². The average Bonchev–Trinajstić information content (AvgIpc) is 2.91. The van der Waals surface area contributed by atoms with Gasteiger partial charge >= 0.3 is 0 Å². The maximum Gasteiger partial charge on any atom is 0.280 e. The maximum atomic E-state index is 13.2. The van der Waals surface area contributed by atoms with Crippen LogP contribution in [0.4, 0.5) is 14.6 Å². The number of allylic oxidation sites excluding steroid dienone is 2. The summed E-state index contributed by atoms with van der Waals surface area (Å²) in [5.74, 6) is 0.786. The zero-order valence-electron chi connectivity index (χ0n) is 20.4. The quantitative estimate of drug-likeness (QED) is 0.512. The van der Waals surface area contributed by atoms with Crippen molar-refractivity contribution in [1.82, 2.24) is 24.5 Å². The van der Waals surface area contributed by atoms with E-state index in [4.69, 9.17) is 5.73 Å². The summed E-state index contributed by atoms with van der Waals surface area (Å²) in [6.07, 6.45) is 4.20. The van der Waals surface area contributed by atoms with E-state index < -0.39 is 17.7 Å². The fourth-order valence-electron chi connectivity index (χ4n) is 4.55. The number of rotatable bonds is 5. The monoisotopic (exact) mass is 504 g/mol. The molecule has 11 heteroatoms. The van der Waals surface area contributed by atoms with Crippen molar-refractivity contribution in [3.05, 3.63) is 93.2 Å². The summed E-state index contributed by atoms with van der Waals surface area (Å²) in [4.78, 5) is 32.1. The first-order valence-electron chi connectivity index (χ1n) is 11.8. The van der Waals surface area contributed by atoms with Gasteiger partial charge < -0.3 is 5.73 Å². The maximum absolute atomic E-state index is 13.2. The molecule has 9 nitrogen and oxygen atoms in total. The minimum Gasteiger partial charge on any atom is -0.404 e. The van der Waals surface area contributed by atoms with Gasteiger partial charge in [-0.05, 0) is 48.8 Å². The molecule has 3 aromatic rings. The molecule has 0 aromatic carbocycles. The highest BCUT2D eigenvalue weighted by atomic mass is 19.3. The molecule has 2 aliphatic heterocycles. The SMILES string of the molecule is CC1=C(C)C(N2CCc3ncc(C(=C/N)/C=N/c4ccccn4)cc3C2)Nn2c1nc(C(F)F)cc2=O. The standard InChI is InChI=1S/C26H26F2N8O/c1-15-16(2)26(34-36-23(37)10-21(24(27)28)33-25(15)36)35-8-6-20-18(14-35)9-17(12-31-20)19(11-29)13-32-22-5-3-4-7-30-22/h3-5,7,9-13,24,26,34H,6,8,14,29H2,1-2H3/b19-11+,32-13+. The molecule has 0 spiro atoms. The number of hydrogen-bond donors (Lipinski definition) is 2. The van der Waals surface area contributed by atoms with E-state index in [0.29, 0.717) is 36.5 Å². The average molecular weight is 505 g/mol. The van der Waals surface area contributed by atoms with E-state index in [1.54, 1.807) is 31.6 Å². The van der Waals surface area contributed by atoms with Crippen molar-refractivity contribution >= 4 is 23.2 Å². The summed E-state index contributed by atoms with van der Waals surface area (Å²) in [5, 5.41) is 0. The first-order chi connectivity index (χ1) is 17.9.